The molecule has 3 heterocycles. The number of aromatic nitrogens is 3. The number of amides is 1. The molecular formula is C21H24FN5O2. The Labute approximate surface area is 168 Å². The first-order valence-electron chi connectivity index (χ1n) is 9.84. The van der Waals surface area contributed by atoms with E-state index in [0.29, 0.717) is 36.7 Å². The minimum absolute atomic E-state index is 0.205. The van der Waals surface area contributed by atoms with E-state index in [-0.39, 0.29) is 17.8 Å². The molecule has 1 saturated heterocycles. The Kier molecular flexibility index (Phi) is 5.44. The summed E-state index contributed by atoms with van der Waals surface area (Å²) in [5.74, 6) is -0.640. The molecule has 0 aliphatic carbocycles. The zero-order valence-corrected chi connectivity index (χ0v) is 16.5. The molecule has 4 rings (SSSR count). The smallest absolute Gasteiger partial charge is 0.259 e. The number of halogens is 1. The van der Waals surface area contributed by atoms with Crippen molar-refractivity contribution in [3.63, 3.8) is 0 Å². The minimum atomic E-state index is -0.351. The Morgan fingerprint density at radius 3 is 2.69 bits per heavy atom. The van der Waals surface area contributed by atoms with Gasteiger partial charge in [0.05, 0.1) is 28.5 Å². The third-order valence-corrected chi connectivity index (χ3v) is 5.16. The van der Waals surface area contributed by atoms with Crippen LogP contribution < -0.4 is 10.6 Å². The molecule has 29 heavy (non-hydrogen) atoms. The summed E-state index contributed by atoms with van der Waals surface area (Å²) >= 11 is 0. The van der Waals surface area contributed by atoms with Gasteiger partial charge in [0.1, 0.15) is 5.82 Å². The van der Waals surface area contributed by atoms with Gasteiger partial charge >= 0.3 is 0 Å². The first-order chi connectivity index (χ1) is 14.1. The van der Waals surface area contributed by atoms with Crippen LogP contribution in [0.5, 0.6) is 0 Å². The maximum atomic E-state index is 13.2. The number of fused-ring (bicyclic) bond motifs is 1. The molecule has 0 atom stereocenters. The zero-order chi connectivity index (χ0) is 20.4. The summed E-state index contributed by atoms with van der Waals surface area (Å²) in [5.41, 5.74) is 3.10. The third-order valence-electron chi connectivity index (χ3n) is 5.16. The highest BCUT2D eigenvalue weighted by molar-refractivity contribution is 6.13. The number of benzene rings is 1. The third kappa shape index (κ3) is 3.93. The van der Waals surface area contributed by atoms with E-state index in [0.717, 1.165) is 29.6 Å². The fourth-order valence-electron chi connectivity index (χ4n) is 3.64. The molecule has 1 amide bonds. The van der Waals surface area contributed by atoms with Crippen molar-refractivity contribution in [3.8, 4) is 0 Å². The molecule has 1 aliphatic heterocycles. The number of carbonyl (C=O) groups is 1. The molecule has 0 saturated carbocycles. The maximum absolute atomic E-state index is 13.2. The summed E-state index contributed by atoms with van der Waals surface area (Å²) < 4.78 is 20.5. The van der Waals surface area contributed by atoms with Crippen LogP contribution in [0.15, 0.2) is 30.5 Å². The molecule has 1 aliphatic rings. The van der Waals surface area contributed by atoms with E-state index in [2.05, 4.69) is 20.7 Å². The molecule has 2 N–H and O–H groups in total. The summed E-state index contributed by atoms with van der Waals surface area (Å²) in [4.78, 5) is 17.8. The van der Waals surface area contributed by atoms with E-state index >= 15 is 0 Å². The van der Waals surface area contributed by atoms with Crippen LogP contribution >= 0.6 is 0 Å². The molecular weight excluding hydrogens is 373 g/mol. The molecule has 7 nitrogen and oxygen atoms in total. The molecule has 8 heteroatoms. The van der Waals surface area contributed by atoms with Gasteiger partial charge in [-0.15, -0.1) is 0 Å². The van der Waals surface area contributed by atoms with Crippen molar-refractivity contribution in [2.45, 2.75) is 39.3 Å². The summed E-state index contributed by atoms with van der Waals surface area (Å²) in [6.45, 7) is 5.89. The van der Waals surface area contributed by atoms with Crippen LogP contribution in [0.4, 0.5) is 15.8 Å². The standard InChI is InChI=1S/C21H24FN5O2/c1-3-27-20-17(12-23-27)19(25-16-8-10-29-11-9-16)18(13(2)24-20)21(28)26-15-6-4-14(22)5-7-15/h4-7,12,16H,3,8-11H2,1-2H3,(H,24,25)(H,26,28). The summed E-state index contributed by atoms with van der Waals surface area (Å²) in [5, 5.41) is 11.6. The van der Waals surface area contributed by atoms with E-state index in [9.17, 15) is 9.18 Å². The fourth-order valence-corrected chi connectivity index (χ4v) is 3.64. The van der Waals surface area contributed by atoms with Crippen molar-refractivity contribution in [2.24, 2.45) is 0 Å². The molecule has 0 unspecified atom stereocenters. The second-order valence-corrected chi connectivity index (χ2v) is 7.14. The highest BCUT2D eigenvalue weighted by Crippen LogP contribution is 2.31. The lowest BCUT2D eigenvalue weighted by Gasteiger charge is -2.26. The average molecular weight is 397 g/mol. The van der Waals surface area contributed by atoms with Crippen molar-refractivity contribution < 1.29 is 13.9 Å². The van der Waals surface area contributed by atoms with E-state index in [1.165, 1.54) is 24.3 Å². The predicted molar refractivity (Wildman–Crippen MR) is 110 cm³/mol. The van der Waals surface area contributed by atoms with Crippen LogP contribution in [-0.2, 0) is 11.3 Å². The van der Waals surface area contributed by atoms with Crippen LogP contribution in [0.2, 0.25) is 0 Å². The van der Waals surface area contributed by atoms with Gasteiger partial charge in [-0.3, -0.25) is 4.79 Å². The van der Waals surface area contributed by atoms with Gasteiger partial charge < -0.3 is 15.4 Å². The van der Waals surface area contributed by atoms with Gasteiger partial charge in [-0.2, -0.15) is 5.10 Å². The highest BCUT2D eigenvalue weighted by Gasteiger charge is 2.24. The van der Waals surface area contributed by atoms with E-state index in [4.69, 9.17) is 4.74 Å². The Bertz CT molecular complexity index is 1030. The van der Waals surface area contributed by atoms with Crippen molar-refractivity contribution in [1.82, 2.24) is 14.8 Å². The van der Waals surface area contributed by atoms with Crippen molar-refractivity contribution >= 4 is 28.3 Å². The molecule has 3 aromatic rings. The van der Waals surface area contributed by atoms with Crippen LogP contribution in [0.3, 0.4) is 0 Å². The second-order valence-electron chi connectivity index (χ2n) is 7.14. The quantitative estimate of drug-likeness (QED) is 0.685. The van der Waals surface area contributed by atoms with Gasteiger partial charge in [-0.25, -0.2) is 14.1 Å². The van der Waals surface area contributed by atoms with Gasteiger partial charge in [-0.1, -0.05) is 0 Å². The van der Waals surface area contributed by atoms with Crippen LogP contribution in [0.25, 0.3) is 11.0 Å². The van der Waals surface area contributed by atoms with Crippen LogP contribution in [-0.4, -0.2) is 39.9 Å². The Hall–Kier alpha value is -3.00. The molecule has 0 bridgehead atoms. The minimum Gasteiger partial charge on any atom is -0.381 e. The Morgan fingerprint density at radius 2 is 2.00 bits per heavy atom. The van der Waals surface area contributed by atoms with E-state index in [1.807, 2.05) is 18.5 Å². The lowest BCUT2D eigenvalue weighted by molar-refractivity contribution is 0.0904. The van der Waals surface area contributed by atoms with Gasteiger partial charge in [0, 0.05) is 31.5 Å². The topological polar surface area (TPSA) is 81.1 Å². The van der Waals surface area contributed by atoms with Crippen LogP contribution in [0, 0.1) is 12.7 Å². The number of nitrogens with one attached hydrogen (secondary N) is 2. The van der Waals surface area contributed by atoms with Gasteiger partial charge in [0.15, 0.2) is 5.65 Å². The molecule has 0 spiro atoms. The molecule has 1 aromatic carbocycles. The van der Waals surface area contributed by atoms with Gasteiger partial charge in [0.25, 0.3) is 5.91 Å². The van der Waals surface area contributed by atoms with Gasteiger partial charge in [0.2, 0.25) is 0 Å². The Balaban J connectivity index is 1.76. The number of hydrogen-bond donors (Lipinski definition) is 2. The average Bonchev–Trinajstić information content (AvgIpc) is 3.13. The molecule has 1 fully saturated rings. The van der Waals surface area contributed by atoms with E-state index in [1.54, 1.807) is 6.20 Å². The number of aryl methyl sites for hydroxylation is 2. The van der Waals surface area contributed by atoms with Gasteiger partial charge in [-0.05, 0) is 51.0 Å². The maximum Gasteiger partial charge on any atom is 0.259 e. The number of pyridine rings is 1. The van der Waals surface area contributed by atoms with Crippen molar-refractivity contribution in [1.29, 1.82) is 0 Å². The summed E-state index contributed by atoms with van der Waals surface area (Å²) in [6, 6.07) is 5.91. The second kappa shape index (κ2) is 8.16. The fraction of sp³-hybridized carbons (Fsp3) is 0.381. The first kappa shape index (κ1) is 19.3. The van der Waals surface area contributed by atoms with Crippen LogP contribution in [0.1, 0.15) is 35.8 Å². The predicted octanol–water partition coefficient (Wildman–Crippen LogP) is 3.74. The number of ether oxygens (including phenoxy) is 1. The number of rotatable bonds is 5. The molecule has 2 aromatic heterocycles. The highest BCUT2D eigenvalue weighted by atomic mass is 19.1. The Morgan fingerprint density at radius 1 is 1.28 bits per heavy atom. The normalized spacial score (nSPS) is 14.9. The first-order valence-corrected chi connectivity index (χ1v) is 9.84. The number of carbonyl (C=O) groups excluding carboxylic acids is 1. The number of hydrogen-bond acceptors (Lipinski definition) is 5. The number of nitrogens with zero attached hydrogens (tertiary/aromatic N) is 3. The summed E-state index contributed by atoms with van der Waals surface area (Å²) in [7, 11) is 0. The van der Waals surface area contributed by atoms with Crippen molar-refractivity contribution in [2.75, 3.05) is 23.8 Å². The summed E-state index contributed by atoms with van der Waals surface area (Å²) in [6.07, 6.45) is 3.48. The number of anilines is 2. The monoisotopic (exact) mass is 397 g/mol. The van der Waals surface area contributed by atoms with Crippen molar-refractivity contribution in [3.05, 3.63) is 47.5 Å². The lowest BCUT2D eigenvalue weighted by Crippen LogP contribution is -2.29. The molecule has 152 valence electrons. The zero-order valence-electron chi connectivity index (χ0n) is 16.5. The van der Waals surface area contributed by atoms with E-state index < -0.39 is 0 Å². The lowest BCUT2D eigenvalue weighted by atomic mass is 10.0. The SMILES string of the molecule is CCn1ncc2c(NC3CCOCC3)c(C(=O)Nc3ccc(F)cc3)c(C)nc21. The largest absolute Gasteiger partial charge is 0.381 e. The molecule has 0 radical (unpaired) electrons.